The van der Waals surface area contributed by atoms with Gasteiger partial charge >= 0.3 is 0 Å². The van der Waals surface area contributed by atoms with E-state index in [-0.39, 0.29) is 0 Å². The van der Waals surface area contributed by atoms with E-state index in [2.05, 4.69) is 52.8 Å². The zero-order valence-corrected chi connectivity index (χ0v) is 13.7. The minimum Gasteiger partial charge on any atom is -0.497 e. The number of methoxy groups -OCH3 is 1. The fourth-order valence-electron chi connectivity index (χ4n) is 2.70. The van der Waals surface area contributed by atoms with Crippen molar-refractivity contribution < 1.29 is 4.74 Å². The van der Waals surface area contributed by atoms with E-state index in [0.29, 0.717) is 12.5 Å². The van der Waals surface area contributed by atoms with Gasteiger partial charge in [-0.2, -0.15) is 0 Å². The number of nitrogens with one attached hydrogen (secondary N) is 1. The summed E-state index contributed by atoms with van der Waals surface area (Å²) in [6.45, 7) is 0.636. The molecule has 4 nitrogen and oxygen atoms in total. The highest BCUT2D eigenvalue weighted by atomic mass is 16.5. The molecular formula is C20H21N3O. The normalized spacial score (nSPS) is 11.5. The summed E-state index contributed by atoms with van der Waals surface area (Å²) in [4.78, 5) is 4.42. The van der Waals surface area contributed by atoms with E-state index in [1.165, 1.54) is 16.3 Å². The van der Waals surface area contributed by atoms with Gasteiger partial charge in [0.1, 0.15) is 5.75 Å². The second kappa shape index (κ2) is 7.51. The van der Waals surface area contributed by atoms with Gasteiger partial charge in [-0.1, -0.05) is 48.5 Å². The van der Waals surface area contributed by atoms with Crippen molar-refractivity contribution in [2.24, 2.45) is 10.7 Å². The van der Waals surface area contributed by atoms with Crippen LogP contribution >= 0.6 is 0 Å². The van der Waals surface area contributed by atoms with Gasteiger partial charge in [0.25, 0.3) is 0 Å². The molecule has 0 radical (unpaired) electrons. The standard InChI is InChI=1S/C20H21N3O/c1-24-18-10-5-9-17(14-18)23-20(21)22-13-12-16-8-4-7-15-6-2-3-11-19(15)16/h2-11,14H,12-13H2,1H3,(H3,21,22,23). The fourth-order valence-corrected chi connectivity index (χ4v) is 2.70. The Balaban J connectivity index is 1.64. The molecule has 0 aliphatic heterocycles. The van der Waals surface area contributed by atoms with Crippen LogP contribution < -0.4 is 15.8 Å². The van der Waals surface area contributed by atoms with Crippen molar-refractivity contribution in [3.8, 4) is 5.75 Å². The van der Waals surface area contributed by atoms with E-state index >= 15 is 0 Å². The van der Waals surface area contributed by atoms with Gasteiger partial charge in [0, 0.05) is 18.3 Å². The number of hydrogen-bond donors (Lipinski definition) is 2. The Hall–Kier alpha value is -3.01. The van der Waals surface area contributed by atoms with Gasteiger partial charge in [-0.3, -0.25) is 4.99 Å². The molecule has 24 heavy (non-hydrogen) atoms. The first kappa shape index (κ1) is 15.9. The maximum atomic E-state index is 5.97. The molecule has 0 aliphatic rings. The molecule has 3 aromatic carbocycles. The average molecular weight is 319 g/mol. The molecule has 0 spiro atoms. The van der Waals surface area contributed by atoms with E-state index in [4.69, 9.17) is 10.5 Å². The number of nitrogens with two attached hydrogens (primary N) is 1. The number of rotatable bonds is 5. The van der Waals surface area contributed by atoms with Crippen molar-refractivity contribution in [3.63, 3.8) is 0 Å². The molecular weight excluding hydrogens is 298 g/mol. The zero-order chi connectivity index (χ0) is 16.8. The Bertz CT molecular complexity index is 853. The van der Waals surface area contributed by atoms with Crippen LogP contribution in [0.3, 0.4) is 0 Å². The van der Waals surface area contributed by atoms with Gasteiger partial charge in [-0.25, -0.2) is 0 Å². The minimum atomic E-state index is 0.406. The summed E-state index contributed by atoms with van der Waals surface area (Å²) < 4.78 is 5.20. The van der Waals surface area contributed by atoms with Crippen LogP contribution in [-0.2, 0) is 6.42 Å². The second-order valence-electron chi connectivity index (χ2n) is 5.51. The summed E-state index contributed by atoms with van der Waals surface area (Å²) >= 11 is 0. The zero-order valence-electron chi connectivity index (χ0n) is 13.7. The maximum absolute atomic E-state index is 5.97. The average Bonchev–Trinajstić information content (AvgIpc) is 2.62. The molecule has 0 saturated carbocycles. The van der Waals surface area contributed by atoms with Gasteiger partial charge in [-0.15, -0.1) is 0 Å². The van der Waals surface area contributed by atoms with E-state index in [9.17, 15) is 0 Å². The van der Waals surface area contributed by atoms with Crippen LogP contribution in [0.1, 0.15) is 5.56 Å². The van der Waals surface area contributed by atoms with Crippen molar-refractivity contribution in [1.82, 2.24) is 0 Å². The predicted octanol–water partition coefficient (Wildman–Crippen LogP) is 3.82. The van der Waals surface area contributed by atoms with Crippen molar-refractivity contribution in [2.75, 3.05) is 19.0 Å². The molecule has 3 aromatic rings. The summed E-state index contributed by atoms with van der Waals surface area (Å²) in [5.74, 6) is 1.19. The van der Waals surface area contributed by atoms with Crippen LogP contribution in [0.4, 0.5) is 5.69 Å². The number of anilines is 1. The highest BCUT2D eigenvalue weighted by molar-refractivity contribution is 5.92. The van der Waals surface area contributed by atoms with Gasteiger partial charge in [0.2, 0.25) is 0 Å². The number of nitrogens with zero attached hydrogens (tertiary/aromatic N) is 1. The highest BCUT2D eigenvalue weighted by Crippen LogP contribution is 2.19. The number of ether oxygens (including phenoxy) is 1. The second-order valence-corrected chi connectivity index (χ2v) is 5.51. The molecule has 122 valence electrons. The van der Waals surface area contributed by atoms with Gasteiger partial charge < -0.3 is 15.8 Å². The Labute approximate surface area is 142 Å². The van der Waals surface area contributed by atoms with E-state index in [0.717, 1.165) is 17.9 Å². The molecule has 0 atom stereocenters. The summed E-state index contributed by atoms with van der Waals surface area (Å²) in [5, 5.41) is 5.61. The molecule has 0 heterocycles. The molecule has 0 bridgehead atoms. The predicted molar refractivity (Wildman–Crippen MR) is 101 cm³/mol. The maximum Gasteiger partial charge on any atom is 0.193 e. The molecule has 0 aliphatic carbocycles. The molecule has 3 N–H and O–H groups in total. The van der Waals surface area contributed by atoms with Crippen LogP contribution in [0.25, 0.3) is 10.8 Å². The highest BCUT2D eigenvalue weighted by Gasteiger charge is 2.01. The molecule has 0 aromatic heterocycles. The first-order valence-electron chi connectivity index (χ1n) is 7.94. The SMILES string of the molecule is COc1cccc(NC(N)=NCCc2cccc3ccccc23)c1. The van der Waals surface area contributed by atoms with Crippen molar-refractivity contribution in [1.29, 1.82) is 0 Å². The minimum absolute atomic E-state index is 0.406. The Morgan fingerprint density at radius 3 is 2.71 bits per heavy atom. The van der Waals surface area contributed by atoms with Crippen molar-refractivity contribution in [2.45, 2.75) is 6.42 Å². The third-order valence-corrected chi connectivity index (χ3v) is 3.89. The van der Waals surface area contributed by atoms with E-state index in [1.807, 2.05) is 24.3 Å². The lowest BCUT2D eigenvalue weighted by atomic mass is 10.0. The lowest BCUT2D eigenvalue weighted by molar-refractivity contribution is 0.415. The molecule has 0 amide bonds. The fraction of sp³-hybridized carbons (Fsp3) is 0.150. The first-order valence-corrected chi connectivity index (χ1v) is 7.94. The number of benzene rings is 3. The van der Waals surface area contributed by atoms with Crippen LogP contribution in [0, 0.1) is 0 Å². The largest absolute Gasteiger partial charge is 0.497 e. The number of fused-ring (bicyclic) bond motifs is 1. The van der Waals surface area contributed by atoms with Crippen LogP contribution in [0.5, 0.6) is 5.75 Å². The smallest absolute Gasteiger partial charge is 0.193 e. The van der Waals surface area contributed by atoms with Crippen LogP contribution in [-0.4, -0.2) is 19.6 Å². The summed E-state index contributed by atoms with van der Waals surface area (Å²) in [7, 11) is 1.64. The molecule has 0 fully saturated rings. The summed E-state index contributed by atoms with van der Waals surface area (Å²) in [6, 6.07) is 22.3. The van der Waals surface area contributed by atoms with E-state index in [1.54, 1.807) is 7.11 Å². The van der Waals surface area contributed by atoms with Crippen LogP contribution in [0.15, 0.2) is 71.7 Å². The molecule has 0 unspecified atom stereocenters. The lowest BCUT2D eigenvalue weighted by Crippen LogP contribution is -2.23. The summed E-state index contributed by atoms with van der Waals surface area (Å²) in [5.41, 5.74) is 8.12. The third kappa shape index (κ3) is 3.84. The number of guanidine groups is 1. The summed E-state index contributed by atoms with van der Waals surface area (Å²) in [6.07, 6.45) is 0.849. The van der Waals surface area contributed by atoms with Gasteiger partial charge in [0.15, 0.2) is 5.96 Å². The number of hydrogen-bond acceptors (Lipinski definition) is 2. The number of aliphatic imine (C=N–C) groups is 1. The molecule has 3 rings (SSSR count). The Morgan fingerprint density at radius 1 is 1.04 bits per heavy atom. The van der Waals surface area contributed by atoms with Gasteiger partial charge in [-0.05, 0) is 34.9 Å². The van der Waals surface area contributed by atoms with E-state index < -0.39 is 0 Å². The van der Waals surface area contributed by atoms with Crippen molar-refractivity contribution in [3.05, 3.63) is 72.3 Å². The quantitative estimate of drug-likeness (QED) is 0.555. The van der Waals surface area contributed by atoms with Gasteiger partial charge in [0.05, 0.1) is 7.11 Å². The van der Waals surface area contributed by atoms with Crippen LogP contribution in [0.2, 0.25) is 0 Å². The lowest BCUT2D eigenvalue weighted by Gasteiger charge is -2.08. The van der Waals surface area contributed by atoms with Crippen molar-refractivity contribution >= 4 is 22.4 Å². The first-order chi connectivity index (χ1) is 11.8. The molecule has 4 heteroatoms. The Morgan fingerprint density at radius 2 is 1.83 bits per heavy atom. The Kier molecular flexibility index (Phi) is 4.96. The molecule has 0 saturated heterocycles. The topological polar surface area (TPSA) is 59.6 Å². The monoisotopic (exact) mass is 319 g/mol. The third-order valence-electron chi connectivity index (χ3n) is 3.89.